The van der Waals surface area contributed by atoms with Crippen molar-refractivity contribution in [2.75, 3.05) is 5.32 Å². The summed E-state index contributed by atoms with van der Waals surface area (Å²) < 4.78 is 1.92. The highest BCUT2D eigenvalue weighted by Crippen LogP contribution is 2.18. The molecule has 4 nitrogen and oxygen atoms in total. The van der Waals surface area contributed by atoms with Gasteiger partial charge >= 0.3 is 0 Å². The van der Waals surface area contributed by atoms with E-state index in [1.54, 1.807) is 0 Å². The molecule has 102 valence electrons. The van der Waals surface area contributed by atoms with E-state index in [2.05, 4.69) is 34.5 Å². The first-order valence-electron chi connectivity index (χ1n) is 6.73. The van der Waals surface area contributed by atoms with Gasteiger partial charge in [-0.25, -0.2) is 0 Å². The number of para-hydroxylation sites is 1. The lowest BCUT2D eigenvalue weighted by atomic mass is 10.2. The van der Waals surface area contributed by atoms with Gasteiger partial charge in [-0.3, -0.25) is 9.67 Å². The van der Waals surface area contributed by atoms with Gasteiger partial charge in [-0.2, -0.15) is 5.10 Å². The van der Waals surface area contributed by atoms with E-state index >= 15 is 0 Å². The van der Waals surface area contributed by atoms with Crippen molar-refractivity contribution in [2.24, 2.45) is 7.05 Å². The molecule has 1 N–H and O–H groups in total. The molecule has 0 aliphatic rings. The minimum atomic E-state index is 0.769. The summed E-state index contributed by atoms with van der Waals surface area (Å²) in [5.41, 5.74) is 5.58. The first kappa shape index (κ1) is 12.7. The SMILES string of the molecule is Cc1nn(C)c(C)c1CNc1cnc2ccccc2c1. The summed E-state index contributed by atoms with van der Waals surface area (Å²) in [6, 6.07) is 10.3. The fraction of sp³-hybridized carbons (Fsp3) is 0.250. The second-order valence-corrected chi connectivity index (χ2v) is 5.04. The largest absolute Gasteiger partial charge is 0.380 e. The van der Waals surface area contributed by atoms with Gasteiger partial charge in [0.25, 0.3) is 0 Å². The van der Waals surface area contributed by atoms with E-state index in [-0.39, 0.29) is 0 Å². The van der Waals surface area contributed by atoms with Crippen LogP contribution in [0.1, 0.15) is 17.0 Å². The molecule has 4 heteroatoms. The van der Waals surface area contributed by atoms with E-state index in [9.17, 15) is 0 Å². The highest BCUT2D eigenvalue weighted by Gasteiger charge is 2.08. The summed E-state index contributed by atoms with van der Waals surface area (Å²) in [7, 11) is 1.98. The van der Waals surface area contributed by atoms with Gasteiger partial charge in [0.1, 0.15) is 0 Å². The van der Waals surface area contributed by atoms with Gasteiger partial charge in [0.05, 0.1) is 23.1 Å². The van der Waals surface area contributed by atoms with Crippen LogP contribution in [-0.4, -0.2) is 14.8 Å². The third kappa shape index (κ3) is 2.25. The van der Waals surface area contributed by atoms with Crippen LogP contribution < -0.4 is 5.32 Å². The van der Waals surface area contributed by atoms with Crippen molar-refractivity contribution in [3.8, 4) is 0 Å². The number of hydrogen-bond acceptors (Lipinski definition) is 3. The summed E-state index contributed by atoms with van der Waals surface area (Å²) >= 11 is 0. The molecule has 20 heavy (non-hydrogen) atoms. The number of fused-ring (bicyclic) bond motifs is 1. The molecule has 2 aromatic heterocycles. The Balaban J connectivity index is 1.83. The molecule has 0 bridgehead atoms. The van der Waals surface area contributed by atoms with Gasteiger partial charge in [-0.1, -0.05) is 18.2 Å². The number of aryl methyl sites for hydroxylation is 2. The van der Waals surface area contributed by atoms with Gasteiger partial charge in [0.2, 0.25) is 0 Å². The van der Waals surface area contributed by atoms with E-state index in [0.717, 1.165) is 28.8 Å². The zero-order valence-electron chi connectivity index (χ0n) is 12.0. The Morgan fingerprint density at radius 1 is 1.20 bits per heavy atom. The van der Waals surface area contributed by atoms with E-state index < -0.39 is 0 Å². The van der Waals surface area contributed by atoms with Crippen LogP contribution in [0.5, 0.6) is 0 Å². The number of aromatic nitrogens is 3. The van der Waals surface area contributed by atoms with Crippen LogP contribution in [0.15, 0.2) is 36.5 Å². The lowest BCUT2D eigenvalue weighted by molar-refractivity contribution is 0.730. The molecular weight excluding hydrogens is 248 g/mol. The number of anilines is 1. The predicted molar refractivity (Wildman–Crippen MR) is 81.8 cm³/mol. The highest BCUT2D eigenvalue weighted by molar-refractivity contribution is 5.81. The molecule has 0 aliphatic carbocycles. The zero-order valence-corrected chi connectivity index (χ0v) is 12.0. The Morgan fingerprint density at radius 2 is 2.00 bits per heavy atom. The maximum Gasteiger partial charge on any atom is 0.0703 e. The monoisotopic (exact) mass is 266 g/mol. The quantitative estimate of drug-likeness (QED) is 0.791. The molecule has 0 amide bonds. The number of pyridine rings is 1. The Bertz CT molecular complexity index is 758. The minimum Gasteiger partial charge on any atom is -0.380 e. The Labute approximate surface area is 118 Å². The zero-order chi connectivity index (χ0) is 14.1. The van der Waals surface area contributed by atoms with Gasteiger partial charge in [0.15, 0.2) is 0 Å². The van der Waals surface area contributed by atoms with E-state index in [0.29, 0.717) is 0 Å². The van der Waals surface area contributed by atoms with Gasteiger partial charge < -0.3 is 5.32 Å². The molecule has 0 fully saturated rings. The van der Waals surface area contributed by atoms with Crippen LogP contribution in [0.4, 0.5) is 5.69 Å². The van der Waals surface area contributed by atoms with Gasteiger partial charge in [0, 0.05) is 30.2 Å². The fourth-order valence-electron chi connectivity index (χ4n) is 2.43. The predicted octanol–water partition coefficient (Wildman–Crippen LogP) is 3.20. The molecule has 0 atom stereocenters. The molecule has 0 saturated heterocycles. The van der Waals surface area contributed by atoms with Gasteiger partial charge in [-0.05, 0) is 26.0 Å². The Hall–Kier alpha value is -2.36. The molecule has 2 heterocycles. The summed E-state index contributed by atoms with van der Waals surface area (Å²) in [4.78, 5) is 4.46. The average molecular weight is 266 g/mol. The Morgan fingerprint density at radius 3 is 2.75 bits per heavy atom. The average Bonchev–Trinajstić information content (AvgIpc) is 2.70. The molecule has 0 aliphatic heterocycles. The van der Waals surface area contributed by atoms with Crippen LogP contribution in [0, 0.1) is 13.8 Å². The summed E-state index contributed by atoms with van der Waals surface area (Å²) in [5, 5.41) is 9.02. The Kier molecular flexibility index (Phi) is 3.14. The lowest BCUT2D eigenvalue weighted by Gasteiger charge is -2.07. The van der Waals surface area contributed by atoms with Crippen molar-refractivity contribution in [3.63, 3.8) is 0 Å². The number of nitrogens with one attached hydrogen (secondary N) is 1. The molecule has 0 saturated carbocycles. The molecular formula is C16H18N4. The summed E-state index contributed by atoms with van der Waals surface area (Å²) in [5.74, 6) is 0. The lowest BCUT2D eigenvalue weighted by Crippen LogP contribution is -2.02. The smallest absolute Gasteiger partial charge is 0.0703 e. The highest BCUT2D eigenvalue weighted by atomic mass is 15.3. The number of nitrogens with zero attached hydrogens (tertiary/aromatic N) is 3. The third-order valence-corrected chi connectivity index (χ3v) is 3.72. The van der Waals surface area contributed by atoms with E-state index in [1.807, 2.05) is 43.0 Å². The summed E-state index contributed by atoms with van der Waals surface area (Å²) in [6.45, 7) is 4.91. The normalized spacial score (nSPS) is 10.9. The van der Waals surface area contributed by atoms with E-state index in [4.69, 9.17) is 0 Å². The van der Waals surface area contributed by atoms with Crippen molar-refractivity contribution in [3.05, 3.63) is 53.5 Å². The number of rotatable bonds is 3. The molecule has 0 radical (unpaired) electrons. The standard InChI is InChI=1S/C16H18N4/c1-11-15(12(2)20(3)19-11)10-17-14-8-13-6-4-5-7-16(13)18-9-14/h4-9,17H,10H2,1-3H3. The van der Waals surface area contributed by atoms with Crippen molar-refractivity contribution in [1.29, 1.82) is 0 Å². The van der Waals surface area contributed by atoms with E-state index in [1.165, 1.54) is 11.3 Å². The van der Waals surface area contributed by atoms with Crippen molar-refractivity contribution in [1.82, 2.24) is 14.8 Å². The van der Waals surface area contributed by atoms with Crippen LogP contribution in [0.3, 0.4) is 0 Å². The van der Waals surface area contributed by atoms with Crippen LogP contribution in [0.2, 0.25) is 0 Å². The van der Waals surface area contributed by atoms with Crippen LogP contribution >= 0.6 is 0 Å². The molecule has 1 aromatic carbocycles. The molecule has 0 unspecified atom stereocenters. The maximum absolute atomic E-state index is 4.46. The first-order valence-corrected chi connectivity index (χ1v) is 6.73. The van der Waals surface area contributed by atoms with Crippen molar-refractivity contribution in [2.45, 2.75) is 20.4 Å². The molecule has 3 rings (SSSR count). The maximum atomic E-state index is 4.46. The second-order valence-electron chi connectivity index (χ2n) is 5.04. The van der Waals surface area contributed by atoms with Crippen LogP contribution in [0.25, 0.3) is 10.9 Å². The minimum absolute atomic E-state index is 0.769. The molecule has 3 aromatic rings. The number of benzene rings is 1. The summed E-state index contributed by atoms with van der Waals surface area (Å²) in [6.07, 6.45) is 1.88. The van der Waals surface area contributed by atoms with Crippen LogP contribution in [-0.2, 0) is 13.6 Å². The first-order chi connectivity index (χ1) is 9.65. The fourth-order valence-corrected chi connectivity index (χ4v) is 2.43. The number of hydrogen-bond donors (Lipinski definition) is 1. The van der Waals surface area contributed by atoms with Crippen molar-refractivity contribution < 1.29 is 0 Å². The third-order valence-electron chi connectivity index (χ3n) is 3.72. The molecule has 0 spiro atoms. The second kappa shape index (κ2) is 4.96. The van der Waals surface area contributed by atoms with Crippen molar-refractivity contribution >= 4 is 16.6 Å². The topological polar surface area (TPSA) is 42.7 Å². The van der Waals surface area contributed by atoms with Gasteiger partial charge in [-0.15, -0.1) is 0 Å².